The highest BCUT2D eigenvalue weighted by molar-refractivity contribution is 6.31. The number of nitrogens with zero attached hydrogens (tertiary/aromatic N) is 2. The van der Waals surface area contributed by atoms with Crippen LogP contribution in [0.5, 0.6) is 11.8 Å². The molecule has 0 radical (unpaired) electrons. The van der Waals surface area contributed by atoms with Gasteiger partial charge in [-0.3, -0.25) is 0 Å². The molecule has 2 aromatic heterocycles. The molecule has 0 aromatic carbocycles. The Morgan fingerprint density at radius 3 is 2.70 bits per heavy atom. The van der Waals surface area contributed by atoms with Crippen LogP contribution < -0.4 is 20.1 Å². The Morgan fingerprint density at radius 1 is 1.22 bits per heavy atom. The summed E-state index contributed by atoms with van der Waals surface area (Å²) in [5.41, 5.74) is 0.912. The highest BCUT2D eigenvalue weighted by Gasteiger charge is 2.24. The van der Waals surface area contributed by atoms with Crippen LogP contribution in [0.4, 0.5) is 4.79 Å². The van der Waals surface area contributed by atoms with Gasteiger partial charge in [-0.25, -0.2) is 14.8 Å². The van der Waals surface area contributed by atoms with E-state index in [1.165, 1.54) is 0 Å². The van der Waals surface area contributed by atoms with E-state index in [1.807, 2.05) is 6.07 Å². The summed E-state index contributed by atoms with van der Waals surface area (Å²) in [5.74, 6) is 1.02. The van der Waals surface area contributed by atoms with Crippen LogP contribution in [0.3, 0.4) is 0 Å². The van der Waals surface area contributed by atoms with Gasteiger partial charge in [0.1, 0.15) is 11.1 Å². The number of carbonyl (C=O) groups is 1. The maximum Gasteiger partial charge on any atom is 0.315 e. The molecule has 0 bridgehead atoms. The molecule has 2 amide bonds. The van der Waals surface area contributed by atoms with E-state index in [0.717, 1.165) is 31.2 Å². The van der Waals surface area contributed by atoms with E-state index >= 15 is 0 Å². The molecular formula is C19H23ClN4O3. The SMILES string of the molecule is COc1ccc(CNC(=O)NC2CCC(Oc3ncccc3Cl)CC2)cn1. The van der Waals surface area contributed by atoms with Gasteiger partial charge in [-0.2, -0.15) is 0 Å². The summed E-state index contributed by atoms with van der Waals surface area (Å²) in [6.07, 6.45) is 6.82. The normalized spacial score (nSPS) is 19.2. The number of amides is 2. The standard InChI is InChI=1S/C19H23ClN4O3/c1-26-17-9-4-13(11-22-17)12-23-19(25)24-14-5-7-15(8-6-14)27-18-16(20)3-2-10-21-18/h2-4,9-11,14-15H,5-8,12H2,1H3,(H2,23,24,25). The molecule has 8 heteroatoms. The molecule has 1 aliphatic rings. The van der Waals surface area contributed by atoms with E-state index < -0.39 is 0 Å². The third kappa shape index (κ3) is 5.72. The first-order valence-electron chi connectivity index (χ1n) is 8.94. The summed E-state index contributed by atoms with van der Waals surface area (Å²) in [6, 6.07) is 7.14. The van der Waals surface area contributed by atoms with Crippen molar-refractivity contribution in [1.29, 1.82) is 0 Å². The third-order valence-corrected chi connectivity index (χ3v) is 4.76. The van der Waals surface area contributed by atoms with Crippen LogP contribution >= 0.6 is 11.6 Å². The fourth-order valence-corrected chi connectivity index (χ4v) is 3.16. The molecule has 2 heterocycles. The van der Waals surface area contributed by atoms with Crippen molar-refractivity contribution in [1.82, 2.24) is 20.6 Å². The molecule has 0 atom stereocenters. The van der Waals surface area contributed by atoms with Crippen LogP contribution in [0.1, 0.15) is 31.2 Å². The van der Waals surface area contributed by atoms with Crippen molar-refractivity contribution in [3.05, 3.63) is 47.2 Å². The number of urea groups is 1. The zero-order chi connectivity index (χ0) is 19.1. The van der Waals surface area contributed by atoms with Crippen LogP contribution in [0, 0.1) is 0 Å². The summed E-state index contributed by atoms with van der Waals surface area (Å²) in [5, 5.41) is 6.39. The molecule has 0 aliphatic heterocycles. The second-order valence-corrected chi connectivity index (χ2v) is 6.82. The lowest BCUT2D eigenvalue weighted by Crippen LogP contribution is -2.44. The molecule has 1 fully saturated rings. The molecule has 7 nitrogen and oxygen atoms in total. The van der Waals surface area contributed by atoms with Gasteiger partial charge < -0.3 is 20.1 Å². The first-order chi connectivity index (χ1) is 13.1. The second-order valence-electron chi connectivity index (χ2n) is 6.42. The van der Waals surface area contributed by atoms with Crippen LogP contribution in [-0.4, -0.2) is 35.3 Å². The molecule has 2 N–H and O–H groups in total. The Kier molecular flexibility index (Phi) is 6.70. The molecule has 0 unspecified atom stereocenters. The van der Waals surface area contributed by atoms with Gasteiger partial charge in [0.2, 0.25) is 11.8 Å². The molecule has 2 aromatic rings. The Morgan fingerprint density at radius 2 is 2.04 bits per heavy atom. The van der Waals surface area contributed by atoms with Gasteiger partial charge in [0.15, 0.2) is 0 Å². The monoisotopic (exact) mass is 390 g/mol. The lowest BCUT2D eigenvalue weighted by atomic mass is 9.93. The van der Waals surface area contributed by atoms with Crippen LogP contribution in [0.2, 0.25) is 5.02 Å². The molecule has 144 valence electrons. The molecule has 1 aliphatic carbocycles. The minimum absolute atomic E-state index is 0.0730. The third-order valence-electron chi connectivity index (χ3n) is 4.47. The number of carbonyl (C=O) groups excluding carboxylic acids is 1. The molecule has 27 heavy (non-hydrogen) atoms. The smallest absolute Gasteiger partial charge is 0.315 e. The van der Waals surface area contributed by atoms with Gasteiger partial charge in [0.25, 0.3) is 0 Å². The lowest BCUT2D eigenvalue weighted by Gasteiger charge is -2.29. The Labute approximate surface area is 163 Å². The van der Waals surface area contributed by atoms with E-state index in [-0.39, 0.29) is 18.2 Å². The average Bonchev–Trinajstić information content (AvgIpc) is 2.70. The van der Waals surface area contributed by atoms with Gasteiger partial charge in [0.05, 0.1) is 7.11 Å². The van der Waals surface area contributed by atoms with E-state index in [4.69, 9.17) is 21.1 Å². The number of rotatable bonds is 6. The molecule has 1 saturated carbocycles. The minimum Gasteiger partial charge on any atom is -0.481 e. The predicted octanol–water partition coefficient (Wildman–Crippen LogP) is 3.33. The van der Waals surface area contributed by atoms with Crippen LogP contribution in [-0.2, 0) is 6.54 Å². The highest BCUT2D eigenvalue weighted by atomic mass is 35.5. The Hall–Kier alpha value is -2.54. The molecule has 0 spiro atoms. The summed E-state index contributed by atoms with van der Waals surface area (Å²) in [4.78, 5) is 20.4. The van der Waals surface area contributed by atoms with Gasteiger partial charge in [-0.05, 0) is 43.4 Å². The molecule has 3 rings (SSSR count). The fraction of sp³-hybridized carbons (Fsp3) is 0.421. The van der Waals surface area contributed by atoms with Crippen molar-refractivity contribution in [3.8, 4) is 11.8 Å². The van der Waals surface area contributed by atoms with Gasteiger partial charge in [-0.15, -0.1) is 0 Å². The van der Waals surface area contributed by atoms with E-state index in [9.17, 15) is 4.79 Å². The Bertz CT molecular complexity index is 749. The maximum absolute atomic E-state index is 12.1. The van der Waals surface area contributed by atoms with Crippen molar-refractivity contribution in [2.75, 3.05) is 7.11 Å². The number of aromatic nitrogens is 2. The largest absolute Gasteiger partial charge is 0.481 e. The van der Waals surface area contributed by atoms with Gasteiger partial charge >= 0.3 is 6.03 Å². The number of nitrogens with one attached hydrogen (secondary N) is 2. The summed E-state index contributed by atoms with van der Waals surface area (Å²) >= 11 is 6.08. The summed E-state index contributed by atoms with van der Waals surface area (Å²) in [6.45, 7) is 0.416. The van der Waals surface area contributed by atoms with Crippen molar-refractivity contribution in [3.63, 3.8) is 0 Å². The van der Waals surface area contributed by atoms with Gasteiger partial charge in [0, 0.05) is 31.0 Å². The summed E-state index contributed by atoms with van der Waals surface area (Å²) < 4.78 is 10.9. The first kappa shape index (κ1) is 19.2. The fourth-order valence-electron chi connectivity index (χ4n) is 3.00. The Balaban J connectivity index is 1.38. The lowest BCUT2D eigenvalue weighted by molar-refractivity contribution is 0.135. The van der Waals surface area contributed by atoms with Gasteiger partial charge in [-0.1, -0.05) is 17.7 Å². The average molecular weight is 391 g/mol. The summed E-state index contributed by atoms with van der Waals surface area (Å²) in [7, 11) is 1.57. The number of methoxy groups -OCH3 is 1. The minimum atomic E-state index is -0.178. The molecule has 0 saturated heterocycles. The van der Waals surface area contributed by atoms with E-state index in [2.05, 4.69) is 20.6 Å². The highest BCUT2D eigenvalue weighted by Crippen LogP contribution is 2.27. The maximum atomic E-state index is 12.1. The second kappa shape index (κ2) is 9.41. The number of halogens is 1. The van der Waals surface area contributed by atoms with E-state index in [0.29, 0.717) is 23.3 Å². The first-order valence-corrected chi connectivity index (χ1v) is 9.32. The number of hydrogen-bond donors (Lipinski definition) is 2. The van der Waals surface area contributed by atoms with Crippen molar-refractivity contribution in [2.45, 2.75) is 44.4 Å². The topological polar surface area (TPSA) is 85.4 Å². The number of pyridine rings is 2. The number of hydrogen-bond acceptors (Lipinski definition) is 5. The predicted molar refractivity (Wildman–Crippen MR) is 102 cm³/mol. The van der Waals surface area contributed by atoms with Crippen LogP contribution in [0.25, 0.3) is 0 Å². The zero-order valence-electron chi connectivity index (χ0n) is 15.2. The molecular weight excluding hydrogens is 368 g/mol. The number of ether oxygens (including phenoxy) is 2. The van der Waals surface area contributed by atoms with Crippen molar-refractivity contribution >= 4 is 17.6 Å². The van der Waals surface area contributed by atoms with Crippen molar-refractivity contribution < 1.29 is 14.3 Å². The zero-order valence-corrected chi connectivity index (χ0v) is 15.9. The van der Waals surface area contributed by atoms with Crippen molar-refractivity contribution in [2.24, 2.45) is 0 Å². The quantitative estimate of drug-likeness (QED) is 0.790. The van der Waals surface area contributed by atoms with Crippen LogP contribution in [0.15, 0.2) is 36.7 Å². The van der Waals surface area contributed by atoms with E-state index in [1.54, 1.807) is 37.7 Å².